The van der Waals surface area contributed by atoms with Crippen LogP contribution in [0.5, 0.6) is 0 Å². The number of aryl methyl sites for hydroxylation is 4. The average molecular weight is 257 g/mol. The molecular weight excluding hydrogens is 238 g/mol. The molecule has 100 valence electrons. The van der Waals surface area contributed by atoms with Crippen LogP contribution < -0.4 is 0 Å². The van der Waals surface area contributed by atoms with Gasteiger partial charge in [-0.15, -0.1) is 0 Å². The third-order valence-corrected chi connectivity index (χ3v) is 3.13. The van der Waals surface area contributed by atoms with Crippen LogP contribution in [-0.4, -0.2) is 20.5 Å². The molecule has 0 N–H and O–H groups in total. The first kappa shape index (κ1) is 13.5. The lowest BCUT2D eigenvalue weighted by Crippen LogP contribution is -2.09. The quantitative estimate of drug-likeness (QED) is 0.790. The van der Waals surface area contributed by atoms with Crippen molar-refractivity contribution in [2.24, 2.45) is 7.05 Å². The molecule has 4 nitrogen and oxygen atoms in total. The molecule has 19 heavy (non-hydrogen) atoms. The molecule has 0 bridgehead atoms. The van der Waals surface area contributed by atoms with E-state index in [-0.39, 0.29) is 5.78 Å². The molecule has 2 rings (SSSR count). The van der Waals surface area contributed by atoms with Crippen LogP contribution in [0.2, 0.25) is 0 Å². The van der Waals surface area contributed by atoms with Crippen LogP contribution in [0, 0.1) is 13.8 Å². The zero-order valence-electron chi connectivity index (χ0n) is 11.9. The van der Waals surface area contributed by atoms with Crippen molar-refractivity contribution in [3.8, 4) is 0 Å². The van der Waals surface area contributed by atoms with Crippen LogP contribution in [0.3, 0.4) is 0 Å². The van der Waals surface area contributed by atoms with Gasteiger partial charge in [0.15, 0.2) is 5.78 Å². The third kappa shape index (κ3) is 3.08. The highest BCUT2D eigenvalue weighted by molar-refractivity contribution is 5.97. The van der Waals surface area contributed by atoms with Crippen molar-refractivity contribution < 1.29 is 4.79 Å². The zero-order chi connectivity index (χ0) is 14.0. The number of hydrogen-bond donors (Lipinski definition) is 0. The minimum absolute atomic E-state index is 0.110. The number of carbonyl (C=O) groups excluding carboxylic acids is 1. The van der Waals surface area contributed by atoms with E-state index in [2.05, 4.69) is 17.0 Å². The standard InChI is InChI=1S/C15H19N3O/c1-5-13-8-14(18(4)17-13)9-15(19)12-6-10(2)16-11(3)7-12/h6-8H,5,9H2,1-4H3. The predicted octanol–water partition coefficient (Wildman–Crippen LogP) is 2.42. The molecule has 0 atom stereocenters. The molecule has 0 aromatic carbocycles. The molecule has 4 heteroatoms. The maximum absolute atomic E-state index is 12.3. The van der Waals surface area contributed by atoms with E-state index in [1.807, 2.05) is 39.1 Å². The Balaban J connectivity index is 2.22. The van der Waals surface area contributed by atoms with Gasteiger partial charge in [0.2, 0.25) is 0 Å². The van der Waals surface area contributed by atoms with Gasteiger partial charge in [-0.25, -0.2) is 0 Å². The predicted molar refractivity (Wildman–Crippen MR) is 74.3 cm³/mol. The molecule has 0 unspecified atom stereocenters. The van der Waals surface area contributed by atoms with Crippen molar-refractivity contribution in [3.05, 3.63) is 46.5 Å². The van der Waals surface area contributed by atoms with E-state index < -0.39 is 0 Å². The van der Waals surface area contributed by atoms with E-state index in [4.69, 9.17) is 0 Å². The minimum atomic E-state index is 0.110. The van der Waals surface area contributed by atoms with Gasteiger partial charge in [0.25, 0.3) is 0 Å². The molecule has 0 spiro atoms. The molecule has 0 saturated carbocycles. The lowest BCUT2D eigenvalue weighted by molar-refractivity contribution is 0.0990. The molecule has 0 fully saturated rings. The maximum Gasteiger partial charge on any atom is 0.168 e. The van der Waals surface area contributed by atoms with Gasteiger partial charge in [0.1, 0.15) is 0 Å². The molecule has 0 amide bonds. The summed E-state index contributed by atoms with van der Waals surface area (Å²) in [5, 5.41) is 4.36. The zero-order valence-corrected chi connectivity index (χ0v) is 11.9. The van der Waals surface area contributed by atoms with Gasteiger partial charge >= 0.3 is 0 Å². The molecule has 0 saturated heterocycles. The molecule has 0 aliphatic carbocycles. The second-order valence-electron chi connectivity index (χ2n) is 4.84. The molecule has 0 radical (unpaired) electrons. The molecule has 2 heterocycles. The van der Waals surface area contributed by atoms with E-state index in [0.717, 1.165) is 34.8 Å². The highest BCUT2D eigenvalue weighted by atomic mass is 16.1. The van der Waals surface area contributed by atoms with Gasteiger partial charge in [0.05, 0.1) is 12.1 Å². The first-order valence-electron chi connectivity index (χ1n) is 6.50. The van der Waals surface area contributed by atoms with Gasteiger partial charge in [-0.2, -0.15) is 5.10 Å². The maximum atomic E-state index is 12.3. The van der Waals surface area contributed by atoms with E-state index in [1.165, 1.54) is 0 Å². The van der Waals surface area contributed by atoms with Crippen LogP contribution in [0.15, 0.2) is 18.2 Å². The number of carbonyl (C=O) groups is 1. The van der Waals surface area contributed by atoms with Gasteiger partial charge in [-0.1, -0.05) is 6.92 Å². The van der Waals surface area contributed by atoms with Crippen LogP contribution in [-0.2, 0) is 19.9 Å². The van der Waals surface area contributed by atoms with Crippen LogP contribution >= 0.6 is 0 Å². The first-order valence-corrected chi connectivity index (χ1v) is 6.50. The third-order valence-electron chi connectivity index (χ3n) is 3.13. The van der Waals surface area contributed by atoms with Gasteiger partial charge in [-0.3, -0.25) is 14.5 Å². The average Bonchev–Trinajstić information content (AvgIpc) is 2.69. The highest BCUT2D eigenvalue weighted by Crippen LogP contribution is 2.11. The second kappa shape index (κ2) is 5.34. The summed E-state index contributed by atoms with van der Waals surface area (Å²) < 4.78 is 1.79. The lowest BCUT2D eigenvalue weighted by Gasteiger charge is -2.04. The summed E-state index contributed by atoms with van der Waals surface area (Å²) in [7, 11) is 1.88. The van der Waals surface area contributed by atoms with Crippen molar-refractivity contribution in [2.75, 3.05) is 0 Å². The molecule has 2 aromatic rings. The number of ketones is 1. The summed E-state index contributed by atoms with van der Waals surface area (Å²) in [5.41, 5.74) is 4.45. The van der Waals surface area contributed by atoms with E-state index in [1.54, 1.807) is 4.68 Å². The van der Waals surface area contributed by atoms with Crippen molar-refractivity contribution >= 4 is 5.78 Å². The normalized spacial score (nSPS) is 10.7. The summed E-state index contributed by atoms with van der Waals surface area (Å²) in [6, 6.07) is 5.68. The Morgan fingerprint density at radius 3 is 2.37 bits per heavy atom. The van der Waals surface area contributed by atoms with Crippen molar-refractivity contribution in [1.29, 1.82) is 0 Å². The van der Waals surface area contributed by atoms with Crippen LogP contribution in [0.25, 0.3) is 0 Å². The Hall–Kier alpha value is -1.97. The van der Waals surface area contributed by atoms with Crippen molar-refractivity contribution in [1.82, 2.24) is 14.8 Å². The molecule has 2 aromatic heterocycles. The lowest BCUT2D eigenvalue weighted by atomic mass is 10.1. The fourth-order valence-electron chi connectivity index (χ4n) is 2.17. The smallest absolute Gasteiger partial charge is 0.168 e. The van der Waals surface area contributed by atoms with E-state index in [0.29, 0.717) is 6.42 Å². The summed E-state index contributed by atoms with van der Waals surface area (Å²) in [5.74, 6) is 0.110. The molecule has 0 aliphatic rings. The number of aromatic nitrogens is 3. The fourth-order valence-corrected chi connectivity index (χ4v) is 2.17. The van der Waals surface area contributed by atoms with Crippen LogP contribution in [0.1, 0.15) is 40.1 Å². The summed E-state index contributed by atoms with van der Waals surface area (Å²) >= 11 is 0. The SMILES string of the molecule is CCc1cc(CC(=O)c2cc(C)nc(C)c2)n(C)n1. The Morgan fingerprint density at radius 1 is 1.21 bits per heavy atom. The Morgan fingerprint density at radius 2 is 1.84 bits per heavy atom. The van der Waals surface area contributed by atoms with E-state index >= 15 is 0 Å². The first-order chi connectivity index (χ1) is 8.99. The largest absolute Gasteiger partial charge is 0.294 e. The topological polar surface area (TPSA) is 47.8 Å². The monoisotopic (exact) mass is 257 g/mol. The number of nitrogens with zero attached hydrogens (tertiary/aromatic N) is 3. The van der Waals surface area contributed by atoms with Gasteiger partial charge < -0.3 is 0 Å². The Bertz CT molecular complexity index is 594. The van der Waals surface area contributed by atoms with Crippen molar-refractivity contribution in [3.63, 3.8) is 0 Å². The Labute approximate surface area is 113 Å². The second-order valence-corrected chi connectivity index (χ2v) is 4.84. The van der Waals surface area contributed by atoms with Crippen molar-refractivity contribution in [2.45, 2.75) is 33.6 Å². The summed E-state index contributed by atoms with van der Waals surface area (Å²) in [6.45, 7) is 5.87. The Kier molecular flexibility index (Phi) is 3.79. The molecular formula is C15H19N3O. The van der Waals surface area contributed by atoms with Gasteiger partial charge in [-0.05, 0) is 38.5 Å². The van der Waals surface area contributed by atoms with E-state index in [9.17, 15) is 4.79 Å². The fraction of sp³-hybridized carbons (Fsp3) is 0.400. The number of rotatable bonds is 4. The van der Waals surface area contributed by atoms with Crippen LogP contribution in [0.4, 0.5) is 0 Å². The summed E-state index contributed by atoms with van der Waals surface area (Å²) in [6.07, 6.45) is 1.27. The number of pyridine rings is 1. The van der Waals surface area contributed by atoms with Gasteiger partial charge in [0, 0.05) is 29.7 Å². The molecule has 0 aliphatic heterocycles. The highest BCUT2D eigenvalue weighted by Gasteiger charge is 2.12. The summed E-state index contributed by atoms with van der Waals surface area (Å²) in [4.78, 5) is 16.6. The minimum Gasteiger partial charge on any atom is -0.294 e. The number of hydrogen-bond acceptors (Lipinski definition) is 3. The number of Topliss-reactive ketones (excluding diaryl/α,β-unsaturated/α-hetero) is 1.